The Labute approximate surface area is 229 Å². The molecule has 206 valence electrons. The smallest absolute Gasteiger partial charge is 0.224 e. The second-order valence-corrected chi connectivity index (χ2v) is 10.3. The normalized spacial score (nSPS) is 16.4. The fraction of sp³-hybridized carbons (Fsp3) is 0.345. The summed E-state index contributed by atoms with van der Waals surface area (Å²) in [5.74, 6) is -0.620. The molecule has 2 aliphatic heterocycles. The number of nitrogens with zero attached hydrogens (tertiary/aromatic N) is 1. The maximum Gasteiger partial charge on any atom is 0.224 e. The number of hydrogen-bond acceptors (Lipinski definition) is 5. The Kier molecular flexibility index (Phi) is 7.91. The van der Waals surface area contributed by atoms with E-state index in [1.54, 1.807) is 6.07 Å². The summed E-state index contributed by atoms with van der Waals surface area (Å²) in [6.07, 6.45) is 1.68. The van der Waals surface area contributed by atoms with Crippen molar-refractivity contribution in [2.75, 3.05) is 36.5 Å². The third kappa shape index (κ3) is 6.25. The maximum absolute atomic E-state index is 14.9. The van der Waals surface area contributed by atoms with Gasteiger partial charge in [-0.2, -0.15) is 0 Å². The molecule has 6 nitrogen and oxygen atoms in total. The number of anilines is 2. The summed E-state index contributed by atoms with van der Waals surface area (Å²) >= 11 is 6.29. The molecule has 1 saturated heterocycles. The highest BCUT2D eigenvalue weighted by Crippen LogP contribution is 2.36. The van der Waals surface area contributed by atoms with Gasteiger partial charge >= 0.3 is 0 Å². The van der Waals surface area contributed by atoms with E-state index in [0.29, 0.717) is 72.1 Å². The number of halogens is 4. The summed E-state index contributed by atoms with van der Waals surface area (Å²) < 4.78 is 53.7. The second kappa shape index (κ2) is 11.4. The first-order valence-corrected chi connectivity index (χ1v) is 13.2. The van der Waals surface area contributed by atoms with Gasteiger partial charge in [-0.1, -0.05) is 11.6 Å². The van der Waals surface area contributed by atoms with Crippen LogP contribution in [0.3, 0.4) is 0 Å². The third-order valence-electron chi connectivity index (χ3n) is 7.19. The molecule has 0 spiro atoms. The number of piperidine rings is 1. The first-order valence-electron chi connectivity index (χ1n) is 12.8. The molecule has 2 heterocycles. The van der Waals surface area contributed by atoms with Crippen molar-refractivity contribution >= 4 is 28.9 Å². The van der Waals surface area contributed by atoms with Gasteiger partial charge in [0, 0.05) is 36.5 Å². The van der Waals surface area contributed by atoms with Gasteiger partial charge in [-0.05, 0) is 73.4 Å². The zero-order valence-electron chi connectivity index (χ0n) is 21.1. The first kappa shape index (κ1) is 27.1. The Morgan fingerprint density at radius 1 is 0.974 bits per heavy atom. The molecule has 0 bridgehead atoms. The topological polar surface area (TPSA) is 71.0 Å². The molecule has 0 radical (unpaired) electrons. The maximum atomic E-state index is 14.9. The molecule has 10 heteroatoms. The molecule has 0 aromatic heterocycles. The van der Waals surface area contributed by atoms with Crippen LogP contribution in [0.25, 0.3) is 0 Å². The van der Waals surface area contributed by atoms with Crippen LogP contribution in [0.1, 0.15) is 30.4 Å². The molecule has 2 aliphatic rings. The minimum absolute atomic E-state index is 0.0120. The van der Waals surface area contributed by atoms with Crippen LogP contribution in [0.5, 0.6) is 11.5 Å². The van der Waals surface area contributed by atoms with E-state index in [1.165, 1.54) is 42.5 Å². The number of carbonyl (C=O) groups excluding carboxylic acids is 1. The summed E-state index contributed by atoms with van der Waals surface area (Å²) in [7, 11) is 0. The van der Waals surface area contributed by atoms with E-state index < -0.39 is 17.2 Å². The molecule has 0 unspecified atom stereocenters. The van der Waals surface area contributed by atoms with E-state index in [-0.39, 0.29) is 37.0 Å². The Hall–Kier alpha value is -3.43. The first-order chi connectivity index (χ1) is 18.7. The average molecular weight is 561 g/mol. The molecular formula is C29H28ClF3N2O4. The van der Waals surface area contributed by atoms with Gasteiger partial charge in [-0.3, -0.25) is 4.79 Å². The Morgan fingerprint density at radius 3 is 2.46 bits per heavy atom. The highest BCUT2D eigenvalue weighted by atomic mass is 35.5. The highest BCUT2D eigenvalue weighted by molar-refractivity contribution is 6.31. The lowest BCUT2D eigenvalue weighted by Gasteiger charge is -2.39. The zero-order valence-corrected chi connectivity index (χ0v) is 21.9. The number of amides is 1. The Bertz CT molecular complexity index is 1360. The summed E-state index contributed by atoms with van der Waals surface area (Å²) in [6.45, 7) is 1.05. The number of rotatable bonds is 8. The van der Waals surface area contributed by atoms with Crippen molar-refractivity contribution in [2.24, 2.45) is 0 Å². The number of fused-ring (bicyclic) bond motifs is 1. The van der Waals surface area contributed by atoms with E-state index in [0.717, 1.165) is 0 Å². The van der Waals surface area contributed by atoms with Gasteiger partial charge in [-0.15, -0.1) is 0 Å². The number of nitrogens with one attached hydrogen (secondary N) is 1. The van der Waals surface area contributed by atoms with E-state index in [2.05, 4.69) is 5.32 Å². The molecule has 0 aliphatic carbocycles. The van der Waals surface area contributed by atoms with Gasteiger partial charge in [-0.25, -0.2) is 13.2 Å². The van der Waals surface area contributed by atoms with Crippen LogP contribution in [0.2, 0.25) is 5.02 Å². The summed E-state index contributed by atoms with van der Waals surface area (Å²) in [6, 6.07) is 11.4. The average Bonchev–Trinajstić information content (AvgIpc) is 2.91. The highest BCUT2D eigenvalue weighted by Gasteiger charge is 2.35. The lowest BCUT2D eigenvalue weighted by Crippen LogP contribution is -2.48. The second-order valence-electron chi connectivity index (χ2n) is 9.89. The molecule has 3 aromatic rings. The fourth-order valence-corrected chi connectivity index (χ4v) is 5.15. The summed E-state index contributed by atoms with van der Waals surface area (Å²) in [5.41, 5.74) is 0.664. The van der Waals surface area contributed by atoms with Gasteiger partial charge in [0.05, 0.1) is 18.0 Å². The van der Waals surface area contributed by atoms with E-state index in [1.807, 2.05) is 4.90 Å². The molecule has 3 aromatic carbocycles. The third-order valence-corrected chi connectivity index (χ3v) is 7.54. The standard InChI is InChI=1S/C29H28ClF3N2O4/c30-22-16-24(33)25(15-18(22)9-14-38-20-3-1-19(31)2-4-20)35-12-10-29(37,11-13-35)17-39-26-7-6-23(32)28-21(26)5-8-27(36)34-28/h1-4,6-7,15-16,37H,5,8-14,17H2,(H,34,36). The lowest BCUT2D eigenvalue weighted by molar-refractivity contribution is -0.116. The van der Waals surface area contributed by atoms with Crippen molar-refractivity contribution < 1.29 is 32.5 Å². The van der Waals surface area contributed by atoms with Crippen molar-refractivity contribution in [3.05, 3.63) is 82.1 Å². The van der Waals surface area contributed by atoms with Gasteiger partial charge in [0.15, 0.2) is 0 Å². The van der Waals surface area contributed by atoms with Crippen LogP contribution in [-0.4, -0.2) is 42.9 Å². The molecule has 39 heavy (non-hydrogen) atoms. The van der Waals surface area contributed by atoms with Crippen molar-refractivity contribution in [3.8, 4) is 11.5 Å². The molecule has 5 rings (SSSR count). The Morgan fingerprint density at radius 2 is 1.72 bits per heavy atom. The van der Waals surface area contributed by atoms with Gasteiger partial charge in [0.1, 0.15) is 41.2 Å². The number of ether oxygens (including phenoxy) is 2. The van der Waals surface area contributed by atoms with Crippen molar-refractivity contribution in [2.45, 2.75) is 37.7 Å². The molecular weight excluding hydrogens is 533 g/mol. The largest absolute Gasteiger partial charge is 0.493 e. The van der Waals surface area contributed by atoms with Gasteiger partial charge in [0.2, 0.25) is 5.91 Å². The molecule has 2 N–H and O–H groups in total. The van der Waals surface area contributed by atoms with E-state index in [4.69, 9.17) is 21.1 Å². The van der Waals surface area contributed by atoms with Crippen LogP contribution in [0, 0.1) is 17.5 Å². The molecule has 1 amide bonds. The van der Waals surface area contributed by atoms with Gasteiger partial charge < -0.3 is 24.8 Å². The number of hydrogen-bond donors (Lipinski definition) is 2. The molecule has 0 saturated carbocycles. The SMILES string of the molecule is O=C1CCc2c(OCC3(O)CCN(c4cc(CCOc5ccc(F)cc5)c(Cl)cc4F)CC3)ccc(F)c2N1. The lowest BCUT2D eigenvalue weighted by atomic mass is 9.91. The molecule has 0 atom stereocenters. The van der Waals surface area contributed by atoms with Crippen molar-refractivity contribution in [3.63, 3.8) is 0 Å². The minimum atomic E-state index is -1.15. The predicted molar refractivity (Wildman–Crippen MR) is 142 cm³/mol. The summed E-state index contributed by atoms with van der Waals surface area (Å²) in [5, 5.41) is 14.0. The minimum Gasteiger partial charge on any atom is -0.493 e. The van der Waals surface area contributed by atoms with Crippen LogP contribution < -0.4 is 19.7 Å². The monoisotopic (exact) mass is 560 g/mol. The van der Waals surface area contributed by atoms with E-state index >= 15 is 0 Å². The number of carbonyl (C=O) groups is 1. The van der Waals surface area contributed by atoms with E-state index in [9.17, 15) is 23.1 Å². The number of aliphatic hydroxyl groups is 1. The van der Waals surface area contributed by atoms with Crippen molar-refractivity contribution in [1.29, 1.82) is 0 Å². The van der Waals surface area contributed by atoms with Crippen LogP contribution in [-0.2, 0) is 17.6 Å². The molecule has 1 fully saturated rings. The zero-order chi connectivity index (χ0) is 27.6. The van der Waals surface area contributed by atoms with Gasteiger partial charge in [0.25, 0.3) is 0 Å². The quantitative estimate of drug-likeness (QED) is 0.371. The number of benzene rings is 3. The van der Waals surface area contributed by atoms with Crippen LogP contribution in [0.15, 0.2) is 48.5 Å². The van der Waals surface area contributed by atoms with Crippen LogP contribution in [0.4, 0.5) is 24.5 Å². The van der Waals surface area contributed by atoms with Crippen molar-refractivity contribution in [1.82, 2.24) is 0 Å². The van der Waals surface area contributed by atoms with Crippen LogP contribution >= 0.6 is 11.6 Å². The predicted octanol–water partition coefficient (Wildman–Crippen LogP) is 5.67. The summed E-state index contributed by atoms with van der Waals surface area (Å²) in [4.78, 5) is 13.5. The Balaban J connectivity index is 1.19. The fourth-order valence-electron chi connectivity index (χ4n) is 4.90.